The normalized spacial score (nSPS) is 13.3. The van der Waals surface area contributed by atoms with E-state index in [0.29, 0.717) is 22.3 Å². The number of nitrogens with zero attached hydrogens (tertiary/aromatic N) is 4. The number of halogens is 2. The van der Waals surface area contributed by atoms with Gasteiger partial charge in [0.1, 0.15) is 17.7 Å². The van der Waals surface area contributed by atoms with Gasteiger partial charge in [-0.2, -0.15) is 0 Å². The van der Waals surface area contributed by atoms with Crippen LogP contribution in [0.1, 0.15) is 35.4 Å². The van der Waals surface area contributed by atoms with Crippen molar-refractivity contribution in [3.63, 3.8) is 0 Å². The van der Waals surface area contributed by atoms with Crippen molar-refractivity contribution in [3.8, 4) is 0 Å². The first-order chi connectivity index (χ1) is 21.1. The summed E-state index contributed by atoms with van der Waals surface area (Å²) in [6, 6.07) is 18.9. The number of hydrogen-bond donors (Lipinski definition) is 4. The summed E-state index contributed by atoms with van der Waals surface area (Å²) in [6.45, 7) is 0. The van der Waals surface area contributed by atoms with E-state index in [2.05, 4.69) is 20.8 Å². The van der Waals surface area contributed by atoms with Gasteiger partial charge in [-0.3, -0.25) is 4.79 Å². The first kappa shape index (κ1) is 31.9. The minimum atomic E-state index is -1.29. The second-order valence-electron chi connectivity index (χ2n) is 10.1. The molecular formula is C32H31F2N5O5. The van der Waals surface area contributed by atoms with Crippen molar-refractivity contribution in [2.45, 2.75) is 37.5 Å². The van der Waals surface area contributed by atoms with E-state index in [0.717, 1.165) is 5.56 Å². The van der Waals surface area contributed by atoms with Crippen LogP contribution in [0.5, 0.6) is 0 Å². The Hall–Kier alpha value is -5.07. The highest BCUT2D eigenvalue weighted by Gasteiger charge is 2.23. The number of hydrogen-bond acceptors (Lipinski definition) is 7. The van der Waals surface area contributed by atoms with E-state index in [1.54, 1.807) is 61.6 Å². The van der Waals surface area contributed by atoms with E-state index in [9.17, 15) is 33.7 Å². The molecule has 3 atom stereocenters. The van der Waals surface area contributed by atoms with Gasteiger partial charge in [-0.15, -0.1) is 5.10 Å². The van der Waals surface area contributed by atoms with Crippen LogP contribution in [-0.4, -0.2) is 65.7 Å². The van der Waals surface area contributed by atoms with Crippen LogP contribution < -0.4 is 5.32 Å². The highest BCUT2D eigenvalue weighted by Crippen LogP contribution is 2.33. The Bertz CT molecular complexity index is 1580. The van der Waals surface area contributed by atoms with Crippen LogP contribution in [-0.2, 0) is 23.1 Å². The smallest absolute Gasteiger partial charge is 0.326 e. The van der Waals surface area contributed by atoms with Crippen molar-refractivity contribution in [2.75, 3.05) is 0 Å². The maximum Gasteiger partial charge on any atom is 0.326 e. The molecule has 0 spiro atoms. The van der Waals surface area contributed by atoms with Crippen LogP contribution in [0.25, 0.3) is 11.1 Å². The van der Waals surface area contributed by atoms with Crippen molar-refractivity contribution in [3.05, 3.63) is 125 Å². The van der Waals surface area contributed by atoms with Gasteiger partial charge in [0.15, 0.2) is 5.82 Å². The van der Waals surface area contributed by atoms with Crippen LogP contribution in [0.4, 0.5) is 8.78 Å². The molecular weight excluding hydrogens is 572 g/mol. The van der Waals surface area contributed by atoms with Gasteiger partial charge in [0.25, 0.3) is 0 Å². The molecule has 228 valence electrons. The predicted octanol–water partition coefficient (Wildman–Crippen LogP) is 3.32. The highest BCUT2D eigenvalue weighted by molar-refractivity contribution is 6.00. The molecule has 0 aliphatic carbocycles. The van der Waals surface area contributed by atoms with Gasteiger partial charge in [0.05, 0.1) is 18.6 Å². The van der Waals surface area contributed by atoms with E-state index >= 15 is 0 Å². The number of aryl methyl sites for hydroxylation is 1. The number of tetrazole rings is 1. The number of carbonyl (C=O) groups excluding carboxylic acids is 1. The highest BCUT2D eigenvalue weighted by atomic mass is 19.1. The maximum absolute atomic E-state index is 13.8. The summed E-state index contributed by atoms with van der Waals surface area (Å²) >= 11 is 0. The van der Waals surface area contributed by atoms with Crippen molar-refractivity contribution in [2.24, 2.45) is 7.05 Å². The van der Waals surface area contributed by atoms with Gasteiger partial charge < -0.3 is 20.6 Å². The lowest BCUT2D eigenvalue weighted by Gasteiger charge is -2.17. The standard InChI is InChI=1S/C32H31F2N5O5/c1-39-31(36-37-38-39)27(30(21-7-11-23(33)12-8-21)22-9-13-24(34)14-10-22)16-15-25(40)18-26(41)19-29(42)35-28(32(43)44)17-20-5-3-2-4-6-20/h2-16,25-26,28,40-41H,17-19H2,1H3,(H,35,42)(H,43,44)/t25-,26-,28+/m1/s1. The van der Waals surface area contributed by atoms with Gasteiger partial charge in [0.2, 0.25) is 5.91 Å². The molecule has 4 N–H and O–H groups in total. The summed E-state index contributed by atoms with van der Waals surface area (Å²) < 4.78 is 29.0. The number of aliphatic carboxylic acids is 1. The second kappa shape index (κ2) is 14.9. The summed E-state index contributed by atoms with van der Waals surface area (Å²) in [5.41, 5.74) is 2.78. The van der Waals surface area contributed by atoms with Crippen molar-refractivity contribution in [1.29, 1.82) is 0 Å². The molecule has 4 rings (SSSR count). The summed E-state index contributed by atoms with van der Waals surface area (Å²) in [6.07, 6.45) is -0.225. The molecule has 0 fully saturated rings. The van der Waals surface area contributed by atoms with E-state index in [-0.39, 0.29) is 18.7 Å². The first-order valence-electron chi connectivity index (χ1n) is 13.7. The average Bonchev–Trinajstić information content (AvgIpc) is 3.42. The van der Waals surface area contributed by atoms with Crippen LogP contribution in [0.2, 0.25) is 0 Å². The second-order valence-corrected chi connectivity index (χ2v) is 10.1. The van der Waals surface area contributed by atoms with Gasteiger partial charge >= 0.3 is 5.97 Å². The van der Waals surface area contributed by atoms with E-state index in [1.807, 2.05) is 0 Å². The molecule has 0 saturated carbocycles. The van der Waals surface area contributed by atoms with Crippen molar-refractivity contribution >= 4 is 23.0 Å². The Morgan fingerprint density at radius 3 is 2.05 bits per heavy atom. The third kappa shape index (κ3) is 8.72. The topological polar surface area (TPSA) is 150 Å². The number of carbonyl (C=O) groups is 2. The molecule has 0 bridgehead atoms. The van der Waals surface area contributed by atoms with Crippen molar-refractivity contribution < 1.29 is 33.7 Å². The van der Waals surface area contributed by atoms with E-state index in [4.69, 9.17) is 0 Å². The molecule has 10 nitrogen and oxygen atoms in total. The molecule has 0 aliphatic heterocycles. The largest absolute Gasteiger partial charge is 0.480 e. The quantitative estimate of drug-likeness (QED) is 0.170. The summed E-state index contributed by atoms with van der Waals surface area (Å²) in [4.78, 5) is 24.2. The van der Waals surface area contributed by atoms with Crippen molar-refractivity contribution in [1.82, 2.24) is 25.5 Å². The summed E-state index contributed by atoms with van der Waals surface area (Å²) in [5, 5.41) is 44.9. The Morgan fingerprint density at radius 1 is 0.932 bits per heavy atom. The number of amides is 1. The van der Waals surface area contributed by atoms with Gasteiger partial charge in [-0.05, 0) is 57.0 Å². The molecule has 0 aliphatic rings. The Labute approximate surface area is 252 Å². The molecule has 44 heavy (non-hydrogen) atoms. The number of carboxylic acid groups (broad SMARTS) is 1. The fraction of sp³-hybridized carbons (Fsp3) is 0.219. The number of aliphatic hydroxyl groups excluding tert-OH is 2. The molecule has 12 heteroatoms. The lowest BCUT2D eigenvalue weighted by atomic mass is 9.91. The molecule has 0 saturated heterocycles. The van der Waals surface area contributed by atoms with Gasteiger partial charge in [0, 0.05) is 25.5 Å². The maximum atomic E-state index is 13.8. The third-order valence-electron chi connectivity index (χ3n) is 6.73. The summed E-state index contributed by atoms with van der Waals surface area (Å²) in [7, 11) is 1.61. The van der Waals surface area contributed by atoms with E-state index in [1.165, 1.54) is 41.1 Å². The number of carboxylic acids is 1. The first-order valence-corrected chi connectivity index (χ1v) is 13.7. The Balaban J connectivity index is 1.54. The zero-order valence-electron chi connectivity index (χ0n) is 23.7. The Morgan fingerprint density at radius 2 is 1.52 bits per heavy atom. The fourth-order valence-corrected chi connectivity index (χ4v) is 4.60. The zero-order valence-corrected chi connectivity index (χ0v) is 23.7. The number of nitrogens with one attached hydrogen (secondary N) is 1. The molecule has 0 radical (unpaired) electrons. The average molecular weight is 604 g/mol. The molecule has 3 aromatic carbocycles. The Kier molecular flexibility index (Phi) is 10.8. The lowest BCUT2D eigenvalue weighted by Crippen LogP contribution is -2.43. The van der Waals surface area contributed by atoms with Crippen LogP contribution >= 0.6 is 0 Å². The minimum Gasteiger partial charge on any atom is -0.480 e. The lowest BCUT2D eigenvalue weighted by molar-refractivity contribution is -0.142. The molecule has 0 unspecified atom stereocenters. The number of rotatable bonds is 13. The number of aromatic nitrogens is 4. The predicted molar refractivity (Wildman–Crippen MR) is 158 cm³/mol. The SMILES string of the molecule is Cn1nnnc1C(C=C[C@@H](O)C[C@@H](O)CC(=O)N[C@@H](Cc1ccccc1)C(=O)O)=C(c1ccc(F)cc1)c1ccc(F)cc1. The van der Waals surface area contributed by atoms with E-state index < -0.39 is 48.2 Å². The molecule has 1 heterocycles. The number of benzene rings is 3. The fourth-order valence-electron chi connectivity index (χ4n) is 4.60. The molecule has 1 amide bonds. The van der Waals surface area contributed by atoms with Gasteiger partial charge in [-0.25, -0.2) is 18.3 Å². The van der Waals surface area contributed by atoms with Crippen LogP contribution in [0.3, 0.4) is 0 Å². The number of aliphatic hydroxyl groups is 2. The van der Waals surface area contributed by atoms with Crippen LogP contribution in [0, 0.1) is 11.6 Å². The zero-order chi connectivity index (χ0) is 31.6. The van der Waals surface area contributed by atoms with Gasteiger partial charge in [-0.1, -0.05) is 66.7 Å². The summed E-state index contributed by atoms with van der Waals surface area (Å²) in [5.74, 6) is -2.51. The molecule has 1 aromatic heterocycles. The minimum absolute atomic E-state index is 0.0693. The third-order valence-corrected chi connectivity index (χ3v) is 6.73. The van der Waals surface area contributed by atoms with Crippen LogP contribution in [0.15, 0.2) is 91.0 Å². The molecule has 4 aromatic rings. The monoisotopic (exact) mass is 603 g/mol. The number of allylic oxidation sites excluding steroid dienone is 2.